The van der Waals surface area contributed by atoms with Crippen LogP contribution in [0.2, 0.25) is 0 Å². The Hall–Kier alpha value is -2.11. The van der Waals surface area contributed by atoms with Crippen molar-refractivity contribution in [3.05, 3.63) is 47.2 Å². The van der Waals surface area contributed by atoms with Gasteiger partial charge in [-0.25, -0.2) is 4.79 Å². The number of nitrogens with zero attached hydrogens (tertiary/aromatic N) is 2. The van der Waals surface area contributed by atoms with Crippen molar-refractivity contribution in [3.63, 3.8) is 0 Å². The van der Waals surface area contributed by atoms with Gasteiger partial charge in [-0.05, 0) is 49.9 Å². The highest BCUT2D eigenvalue weighted by Crippen LogP contribution is 2.46. The zero-order chi connectivity index (χ0) is 17.1. The average Bonchev–Trinajstić information content (AvgIpc) is 3.13. The van der Waals surface area contributed by atoms with E-state index in [0.717, 1.165) is 30.5 Å². The molecule has 0 aliphatic carbocycles. The summed E-state index contributed by atoms with van der Waals surface area (Å²) in [6.45, 7) is 1.36. The van der Waals surface area contributed by atoms with E-state index in [9.17, 15) is 9.90 Å². The maximum Gasteiger partial charge on any atom is 0.334 e. The fourth-order valence-electron chi connectivity index (χ4n) is 4.93. The first-order valence-corrected chi connectivity index (χ1v) is 9.02. The average molecular weight is 338 g/mol. The molecule has 1 aromatic heterocycles. The Labute approximate surface area is 146 Å². The molecule has 0 fully saturated rings. The van der Waals surface area contributed by atoms with Crippen LogP contribution in [0.4, 0.5) is 0 Å². The van der Waals surface area contributed by atoms with Crippen LogP contribution in [-0.4, -0.2) is 40.7 Å². The molecule has 3 atom stereocenters. The highest BCUT2D eigenvalue weighted by molar-refractivity contribution is 5.91. The Bertz CT molecular complexity index is 898. The molecule has 0 spiro atoms. The zero-order valence-corrected chi connectivity index (χ0v) is 14.3. The van der Waals surface area contributed by atoms with Gasteiger partial charge < -0.3 is 14.4 Å². The lowest BCUT2D eigenvalue weighted by molar-refractivity contribution is -0.136. The first-order chi connectivity index (χ1) is 12.1. The summed E-state index contributed by atoms with van der Waals surface area (Å²) in [6.07, 6.45) is 3.67. The largest absolute Gasteiger partial charge is 0.458 e. The number of carbonyl (C=O) groups is 1. The van der Waals surface area contributed by atoms with Crippen molar-refractivity contribution >= 4 is 16.9 Å². The van der Waals surface area contributed by atoms with Gasteiger partial charge in [0.1, 0.15) is 12.8 Å². The number of fused-ring (bicyclic) bond motifs is 3. The van der Waals surface area contributed by atoms with Crippen LogP contribution in [0.5, 0.6) is 0 Å². The van der Waals surface area contributed by atoms with Crippen LogP contribution < -0.4 is 0 Å². The highest BCUT2D eigenvalue weighted by Gasteiger charge is 2.40. The normalized spacial score (nSPS) is 29.3. The minimum absolute atomic E-state index is 0.0297. The number of aliphatic hydroxyl groups is 1. The summed E-state index contributed by atoms with van der Waals surface area (Å²) in [7, 11) is 2.14. The van der Waals surface area contributed by atoms with Gasteiger partial charge in [0.05, 0.1) is 11.6 Å². The van der Waals surface area contributed by atoms with Gasteiger partial charge in [-0.2, -0.15) is 0 Å². The van der Waals surface area contributed by atoms with Gasteiger partial charge in [-0.3, -0.25) is 4.90 Å². The highest BCUT2D eigenvalue weighted by atomic mass is 16.5. The molecule has 4 heterocycles. The number of ether oxygens (including phenoxy) is 1. The van der Waals surface area contributed by atoms with Gasteiger partial charge in [0.2, 0.25) is 0 Å². The number of carbonyl (C=O) groups excluding carboxylic acids is 1. The van der Waals surface area contributed by atoms with E-state index < -0.39 is 6.23 Å². The van der Waals surface area contributed by atoms with E-state index in [1.807, 2.05) is 12.1 Å². The summed E-state index contributed by atoms with van der Waals surface area (Å²) in [6, 6.07) is 8.57. The summed E-state index contributed by atoms with van der Waals surface area (Å²) >= 11 is 0. The van der Waals surface area contributed by atoms with Crippen molar-refractivity contribution in [1.82, 2.24) is 9.47 Å². The molecule has 5 heteroatoms. The number of rotatable bonds is 1. The maximum atomic E-state index is 12.1. The van der Waals surface area contributed by atoms with E-state index in [2.05, 4.69) is 34.7 Å². The van der Waals surface area contributed by atoms with E-state index in [0.29, 0.717) is 13.0 Å². The molecular formula is C20H22N2O3. The predicted octanol–water partition coefficient (Wildman–Crippen LogP) is 2.55. The first-order valence-electron chi connectivity index (χ1n) is 9.02. The minimum Gasteiger partial charge on any atom is -0.458 e. The molecule has 3 aliphatic heterocycles. The topological polar surface area (TPSA) is 54.7 Å². The van der Waals surface area contributed by atoms with E-state index in [1.165, 1.54) is 16.6 Å². The smallest absolute Gasteiger partial charge is 0.334 e. The second kappa shape index (κ2) is 5.44. The molecule has 5 rings (SSSR count). The Morgan fingerprint density at radius 3 is 2.88 bits per heavy atom. The number of hydrogen-bond acceptors (Lipinski definition) is 4. The number of aliphatic hydroxyl groups excluding tert-OH is 1. The van der Waals surface area contributed by atoms with Crippen LogP contribution in [-0.2, 0) is 16.0 Å². The summed E-state index contributed by atoms with van der Waals surface area (Å²) in [4.78, 5) is 14.4. The van der Waals surface area contributed by atoms with Gasteiger partial charge >= 0.3 is 5.97 Å². The third-order valence-corrected chi connectivity index (χ3v) is 6.11. The minimum atomic E-state index is -0.621. The Kier molecular flexibility index (Phi) is 3.30. The second-order valence-electron chi connectivity index (χ2n) is 7.40. The maximum absolute atomic E-state index is 12.1. The van der Waals surface area contributed by atoms with Crippen LogP contribution in [0, 0.1) is 5.92 Å². The standard InChI is InChI=1S/C20H22N2O3/c1-21-8-6-15-14-4-2-3-5-16(14)22-18(23)11-12(10-17(21)19(15)22)13-7-9-25-20(13)24/h2-5,7,12,17-18,23H,6,8-11H2,1H3/t12-,17+,18+/m1/s1. The first kappa shape index (κ1) is 15.2. The summed E-state index contributed by atoms with van der Waals surface area (Å²) in [5.41, 5.74) is 4.44. The van der Waals surface area contributed by atoms with E-state index in [4.69, 9.17) is 4.74 Å². The summed E-state index contributed by atoms with van der Waals surface area (Å²) < 4.78 is 7.24. The molecule has 2 aromatic rings. The number of hydrogen-bond donors (Lipinski definition) is 1. The molecule has 0 saturated heterocycles. The molecule has 25 heavy (non-hydrogen) atoms. The van der Waals surface area contributed by atoms with Gasteiger partial charge in [0, 0.05) is 23.2 Å². The molecule has 3 aliphatic rings. The molecule has 0 radical (unpaired) electrons. The molecule has 130 valence electrons. The molecule has 1 N–H and O–H groups in total. The molecule has 0 amide bonds. The van der Waals surface area contributed by atoms with E-state index >= 15 is 0 Å². The van der Waals surface area contributed by atoms with Crippen LogP contribution in [0.25, 0.3) is 10.9 Å². The molecular weight excluding hydrogens is 316 g/mol. The van der Waals surface area contributed by atoms with Gasteiger partial charge in [0.15, 0.2) is 0 Å². The Morgan fingerprint density at radius 1 is 1.24 bits per heavy atom. The predicted molar refractivity (Wildman–Crippen MR) is 94.0 cm³/mol. The third-order valence-electron chi connectivity index (χ3n) is 6.11. The number of likely N-dealkylation sites (N-methyl/N-ethyl adjacent to an activating group) is 1. The number of para-hydroxylation sites is 1. The van der Waals surface area contributed by atoms with Crippen molar-refractivity contribution in [1.29, 1.82) is 0 Å². The van der Waals surface area contributed by atoms with Gasteiger partial charge in [-0.1, -0.05) is 18.2 Å². The van der Waals surface area contributed by atoms with Gasteiger partial charge in [-0.15, -0.1) is 0 Å². The molecule has 0 unspecified atom stereocenters. The lowest BCUT2D eigenvalue weighted by Crippen LogP contribution is -2.33. The van der Waals surface area contributed by atoms with E-state index in [-0.39, 0.29) is 17.9 Å². The van der Waals surface area contributed by atoms with Crippen molar-refractivity contribution in [2.45, 2.75) is 31.5 Å². The second-order valence-corrected chi connectivity index (χ2v) is 7.40. The quantitative estimate of drug-likeness (QED) is 0.812. The van der Waals surface area contributed by atoms with Crippen LogP contribution in [0.3, 0.4) is 0 Å². The fraction of sp³-hybridized carbons (Fsp3) is 0.450. The molecule has 0 saturated carbocycles. The summed E-state index contributed by atoms with van der Waals surface area (Å²) in [5.74, 6) is -0.186. The summed E-state index contributed by atoms with van der Waals surface area (Å²) in [5, 5.41) is 12.3. The molecule has 5 nitrogen and oxygen atoms in total. The SMILES string of the molecule is CN1CCc2c3n(c4ccccc24)[C@@H](O)C[C@H](C2=CCOC2=O)C[C@@H]31. The van der Waals surface area contributed by atoms with Gasteiger partial charge in [0.25, 0.3) is 0 Å². The van der Waals surface area contributed by atoms with Crippen LogP contribution in [0.15, 0.2) is 35.9 Å². The number of aromatic nitrogens is 1. The lowest BCUT2D eigenvalue weighted by atomic mass is 9.86. The monoisotopic (exact) mass is 338 g/mol. The van der Waals surface area contributed by atoms with E-state index in [1.54, 1.807) is 0 Å². The molecule has 1 aromatic carbocycles. The Balaban J connectivity index is 1.69. The van der Waals surface area contributed by atoms with Crippen LogP contribution in [0.1, 0.15) is 36.4 Å². The Morgan fingerprint density at radius 2 is 2.08 bits per heavy atom. The van der Waals surface area contributed by atoms with Crippen LogP contribution >= 0.6 is 0 Å². The number of cyclic esters (lactones) is 1. The lowest BCUT2D eigenvalue weighted by Gasteiger charge is -2.34. The fourth-order valence-corrected chi connectivity index (χ4v) is 4.93. The third kappa shape index (κ3) is 2.12. The number of esters is 1. The van der Waals surface area contributed by atoms with Crippen molar-refractivity contribution in [2.75, 3.05) is 20.2 Å². The molecule has 0 bridgehead atoms. The van der Waals surface area contributed by atoms with Crippen molar-refractivity contribution in [3.8, 4) is 0 Å². The zero-order valence-electron chi connectivity index (χ0n) is 14.3. The van der Waals surface area contributed by atoms with Crippen molar-refractivity contribution < 1.29 is 14.6 Å². The van der Waals surface area contributed by atoms with Crippen molar-refractivity contribution in [2.24, 2.45) is 5.92 Å². The number of benzene rings is 1.